The number of amides is 2. The van der Waals surface area contributed by atoms with Crippen LogP contribution in [0.3, 0.4) is 0 Å². The van der Waals surface area contributed by atoms with Crippen LogP contribution in [0.2, 0.25) is 0 Å². The highest BCUT2D eigenvalue weighted by molar-refractivity contribution is 5.94. The third kappa shape index (κ3) is 4.79. The second-order valence-corrected chi connectivity index (χ2v) is 9.48. The average molecular weight is 538 g/mol. The van der Waals surface area contributed by atoms with Gasteiger partial charge in [0.05, 0.1) is 30.0 Å². The number of carbonyl (C=O) groups excluding carboxylic acids is 1. The Morgan fingerprint density at radius 3 is 2.45 bits per heavy atom. The maximum Gasteiger partial charge on any atom is 0.416 e. The highest BCUT2D eigenvalue weighted by Crippen LogP contribution is 2.38. The summed E-state index contributed by atoms with van der Waals surface area (Å²) in [5, 5.41) is 4.41. The van der Waals surface area contributed by atoms with E-state index in [0.29, 0.717) is 24.2 Å². The zero-order valence-corrected chi connectivity index (χ0v) is 20.4. The smallest absolute Gasteiger partial charge is 0.369 e. The lowest BCUT2D eigenvalue weighted by Crippen LogP contribution is -2.54. The van der Waals surface area contributed by atoms with Crippen molar-refractivity contribution in [1.82, 2.24) is 14.7 Å². The van der Waals surface area contributed by atoms with E-state index in [9.17, 15) is 31.1 Å². The lowest BCUT2D eigenvalue weighted by molar-refractivity contribution is -0.138. The number of rotatable bonds is 5. The summed E-state index contributed by atoms with van der Waals surface area (Å²) in [6.45, 7) is 0.344. The van der Waals surface area contributed by atoms with E-state index in [4.69, 9.17) is 0 Å². The normalized spacial score (nSPS) is 16.9. The first-order valence-corrected chi connectivity index (χ1v) is 12.1. The molecule has 2 aromatic carbocycles. The molecule has 0 unspecified atom stereocenters. The summed E-state index contributed by atoms with van der Waals surface area (Å²) in [5.74, 6) is -0.733. The Kier molecular flexibility index (Phi) is 6.74. The predicted octanol–water partition coefficient (Wildman–Crippen LogP) is 6.13. The zero-order valence-electron chi connectivity index (χ0n) is 20.4. The maximum absolute atomic E-state index is 14.5. The van der Waals surface area contributed by atoms with Crippen molar-refractivity contribution in [2.45, 2.75) is 44.6 Å². The van der Waals surface area contributed by atoms with Gasteiger partial charge in [-0.1, -0.05) is 30.3 Å². The van der Waals surface area contributed by atoms with Crippen molar-refractivity contribution >= 4 is 17.4 Å². The van der Waals surface area contributed by atoms with E-state index in [1.54, 1.807) is 23.0 Å². The molecule has 0 bridgehead atoms. The number of hydrogen-bond acceptors (Lipinski definition) is 3. The van der Waals surface area contributed by atoms with Gasteiger partial charge in [0.25, 0.3) is 6.43 Å². The van der Waals surface area contributed by atoms with Crippen LogP contribution in [-0.4, -0.2) is 39.8 Å². The van der Waals surface area contributed by atoms with E-state index in [1.165, 1.54) is 39.9 Å². The van der Waals surface area contributed by atoms with Crippen molar-refractivity contribution in [3.63, 3.8) is 0 Å². The molecule has 2 aliphatic heterocycles. The average Bonchev–Trinajstić information content (AvgIpc) is 3.25. The number of anilines is 2. The minimum atomic E-state index is -4.58. The summed E-state index contributed by atoms with van der Waals surface area (Å²) in [4.78, 5) is 18.1. The molecule has 3 aromatic rings. The SMILES string of the molecule is Cn1cc2c(n1)CN(C1CCN(c3c(F)cccc3C(F)F)CC1)C(=O)N2Cc1ccccc1C(F)(F)F. The molecule has 5 rings (SSSR count). The molecular weight excluding hydrogens is 512 g/mol. The van der Waals surface area contributed by atoms with E-state index < -0.39 is 30.0 Å². The van der Waals surface area contributed by atoms with Crippen LogP contribution in [0.15, 0.2) is 48.7 Å². The fraction of sp³-hybridized carbons (Fsp3) is 0.385. The van der Waals surface area contributed by atoms with Gasteiger partial charge in [-0.15, -0.1) is 0 Å². The Balaban J connectivity index is 1.39. The van der Waals surface area contributed by atoms with Gasteiger partial charge in [0.1, 0.15) is 11.5 Å². The number of hydrogen-bond donors (Lipinski definition) is 0. The number of para-hydroxylation sites is 1. The van der Waals surface area contributed by atoms with Crippen molar-refractivity contribution in [2.75, 3.05) is 22.9 Å². The molecule has 12 heteroatoms. The first kappa shape index (κ1) is 25.9. The van der Waals surface area contributed by atoms with Gasteiger partial charge in [-0.05, 0) is 30.5 Å². The minimum absolute atomic E-state index is 0.0427. The van der Waals surface area contributed by atoms with Gasteiger partial charge in [-0.2, -0.15) is 18.3 Å². The molecule has 1 saturated heterocycles. The molecule has 202 valence electrons. The zero-order chi connectivity index (χ0) is 27.2. The summed E-state index contributed by atoms with van der Waals surface area (Å²) >= 11 is 0. The van der Waals surface area contributed by atoms with Gasteiger partial charge in [0, 0.05) is 37.9 Å². The van der Waals surface area contributed by atoms with Gasteiger partial charge >= 0.3 is 12.2 Å². The third-order valence-corrected chi connectivity index (χ3v) is 7.10. The number of alkyl halides is 5. The van der Waals surface area contributed by atoms with Crippen LogP contribution in [0, 0.1) is 5.82 Å². The van der Waals surface area contributed by atoms with Crippen LogP contribution < -0.4 is 9.80 Å². The molecule has 0 radical (unpaired) electrons. The fourth-order valence-electron chi connectivity index (χ4n) is 5.33. The van der Waals surface area contributed by atoms with Crippen molar-refractivity contribution < 1.29 is 31.1 Å². The van der Waals surface area contributed by atoms with E-state index >= 15 is 0 Å². The molecule has 1 fully saturated rings. The number of nitrogens with zero attached hydrogens (tertiary/aromatic N) is 5. The number of piperidine rings is 1. The van der Waals surface area contributed by atoms with Crippen LogP contribution in [0.1, 0.15) is 41.7 Å². The monoisotopic (exact) mass is 537 g/mol. The third-order valence-electron chi connectivity index (χ3n) is 7.10. The van der Waals surface area contributed by atoms with Crippen LogP contribution >= 0.6 is 0 Å². The second kappa shape index (κ2) is 9.88. The maximum atomic E-state index is 14.5. The van der Waals surface area contributed by atoms with E-state index in [-0.39, 0.29) is 49.0 Å². The van der Waals surface area contributed by atoms with Crippen molar-refractivity contribution in [2.24, 2.45) is 7.05 Å². The largest absolute Gasteiger partial charge is 0.416 e. The summed E-state index contributed by atoms with van der Waals surface area (Å²) in [5.41, 5.74) is -0.389. The molecule has 3 heterocycles. The van der Waals surface area contributed by atoms with Gasteiger partial charge in [-0.3, -0.25) is 9.58 Å². The second-order valence-electron chi connectivity index (χ2n) is 9.48. The fourth-order valence-corrected chi connectivity index (χ4v) is 5.33. The van der Waals surface area contributed by atoms with E-state index in [0.717, 1.165) is 12.1 Å². The Morgan fingerprint density at radius 1 is 1.05 bits per heavy atom. The summed E-state index contributed by atoms with van der Waals surface area (Å²) in [7, 11) is 1.67. The topological polar surface area (TPSA) is 44.6 Å². The van der Waals surface area contributed by atoms with Gasteiger partial charge in [0.2, 0.25) is 0 Å². The number of carbonyl (C=O) groups is 1. The number of aryl methyl sites for hydroxylation is 1. The molecule has 0 aliphatic carbocycles. The Labute approximate surface area is 215 Å². The molecule has 1 aromatic heterocycles. The Bertz CT molecular complexity index is 1330. The number of aromatic nitrogens is 2. The number of fused-ring (bicyclic) bond motifs is 1. The van der Waals surface area contributed by atoms with Crippen LogP contribution in [0.25, 0.3) is 0 Å². The number of urea groups is 1. The highest BCUT2D eigenvalue weighted by Gasteiger charge is 2.40. The molecule has 0 N–H and O–H groups in total. The van der Waals surface area contributed by atoms with Crippen LogP contribution in [0.4, 0.5) is 42.5 Å². The lowest BCUT2D eigenvalue weighted by atomic mass is 10.00. The van der Waals surface area contributed by atoms with E-state index in [2.05, 4.69) is 5.10 Å². The van der Waals surface area contributed by atoms with E-state index in [1.807, 2.05) is 0 Å². The molecule has 0 atom stereocenters. The standard InChI is InChI=1S/C26H25F6N5O/c1-34-15-22-21(33-34)14-36(25(38)37(22)13-16-5-2-3-7-19(16)26(30,31)32)17-9-11-35(12-10-17)23-18(24(28)29)6-4-8-20(23)27/h2-8,15,17,24H,9-14H2,1H3. The van der Waals surface area contributed by atoms with Gasteiger partial charge < -0.3 is 9.80 Å². The first-order chi connectivity index (χ1) is 18.0. The number of benzene rings is 2. The molecule has 38 heavy (non-hydrogen) atoms. The molecule has 2 amide bonds. The van der Waals surface area contributed by atoms with Crippen molar-refractivity contribution in [3.05, 3.63) is 76.9 Å². The Hall–Kier alpha value is -3.70. The number of halogens is 6. The molecule has 2 aliphatic rings. The van der Waals surface area contributed by atoms with Crippen LogP contribution in [-0.2, 0) is 26.3 Å². The van der Waals surface area contributed by atoms with Gasteiger partial charge in [0.15, 0.2) is 0 Å². The van der Waals surface area contributed by atoms with Crippen LogP contribution in [0.5, 0.6) is 0 Å². The Morgan fingerprint density at radius 2 is 1.76 bits per heavy atom. The molecule has 0 saturated carbocycles. The first-order valence-electron chi connectivity index (χ1n) is 12.1. The summed E-state index contributed by atoms with van der Waals surface area (Å²) < 4.78 is 84.0. The van der Waals surface area contributed by atoms with Crippen molar-refractivity contribution in [1.29, 1.82) is 0 Å². The minimum Gasteiger partial charge on any atom is -0.369 e. The molecule has 0 spiro atoms. The quantitative estimate of drug-likeness (QED) is 0.368. The molecular formula is C26H25F6N5O. The predicted molar refractivity (Wildman–Crippen MR) is 128 cm³/mol. The summed E-state index contributed by atoms with van der Waals surface area (Å²) in [6, 6.07) is 7.92. The summed E-state index contributed by atoms with van der Waals surface area (Å²) in [6.07, 6.45) is -5.06. The highest BCUT2D eigenvalue weighted by atomic mass is 19.4. The lowest BCUT2D eigenvalue weighted by Gasteiger charge is -2.43. The molecule has 6 nitrogen and oxygen atoms in total. The van der Waals surface area contributed by atoms with Gasteiger partial charge in [-0.25, -0.2) is 18.0 Å². The van der Waals surface area contributed by atoms with Crippen molar-refractivity contribution in [3.8, 4) is 0 Å².